The Morgan fingerprint density at radius 2 is 1.56 bits per heavy atom. The van der Waals surface area contributed by atoms with Crippen LogP contribution in [0.2, 0.25) is 0 Å². The number of halogens is 1. The Bertz CT molecular complexity index is 4000. The third-order valence-electron chi connectivity index (χ3n) is 14.8. The topological polar surface area (TPSA) is 249 Å². The molecule has 20 nitrogen and oxygen atoms in total. The molecule has 21 heteroatoms. The number of aryl methyl sites for hydroxylation is 3. The van der Waals surface area contributed by atoms with Crippen molar-refractivity contribution in [1.82, 2.24) is 80.6 Å². The number of benzene rings is 2. The Morgan fingerprint density at radius 3 is 2.19 bits per heavy atom. The second-order valence-corrected chi connectivity index (χ2v) is 19.7. The van der Waals surface area contributed by atoms with Gasteiger partial charge in [-0.25, -0.2) is 24.3 Å². The SMILES string of the molecule is C=C(N/C=C(\C)c1ccc(F)cn1)[C@H]1Cc2c([nH]c3ccccc23)C(C2=NN(C)C(=O)C2)(c2cnn(C)c2)N1.CCn1cc(C2(c3n[nH]c(=O)o3)N[C@@H](c3ncc(-c4ccc(C)cn4)[nH]3)Cc3c2[nH]c2ccccc32)cn1. The molecular formula is C56H54FN17O3. The first-order chi connectivity index (χ1) is 37.3. The number of hydrazone groups is 1. The van der Waals surface area contributed by atoms with Gasteiger partial charge in [0.25, 0.3) is 0 Å². The van der Waals surface area contributed by atoms with Crippen LogP contribution in [0, 0.1) is 12.7 Å². The van der Waals surface area contributed by atoms with Gasteiger partial charge in [0.2, 0.25) is 11.8 Å². The minimum atomic E-state index is -1.13. The third-order valence-corrected chi connectivity index (χ3v) is 14.8. The molecule has 10 aromatic rings. The molecule has 0 saturated carbocycles. The zero-order valence-electron chi connectivity index (χ0n) is 42.8. The van der Waals surface area contributed by atoms with Gasteiger partial charge in [-0.1, -0.05) is 49.0 Å². The van der Waals surface area contributed by atoms with Gasteiger partial charge in [-0.2, -0.15) is 15.3 Å². The van der Waals surface area contributed by atoms with Crippen LogP contribution in [0.3, 0.4) is 0 Å². The van der Waals surface area contributed by atoms with E-state index >= 15 is 0 Å². The minimum absolute atomic E-state index is 0.0721. The maximum Gasteiger partial charge on any atom is 0.434 e. The van der Waals surface area contributed by atoms with E-state index in [-0.39, 0.29) is 36.1 Å². The third kappa shape index (κ3) is 8.45. The Balaban J connectivity index is 0.000000155. The number of aromatic amines is 4. The fourth-order valence-corrected chi connectivity index (χ4v) is 10.9. The van der Waals surface area contributed by atoms with Gasteiger partial charge in [0.15, 0.2) is 5.54 Å². The van der Waals surface area contributed by atoms with Crippen LogP contribution in [0.4, 0.5) is 4.39 Å². The van der Waals surface area contributed by atoms with Crippen molar-refractivity contribution in [3.63, 3.8) is 0 Å². The Kier molecular flexibility index (Phi) is 12.1. The summed E-state index contributed by atoms with van der Waals surface area (Å²) in [5, 5.41) is 35.0. The van der Waals surface area contributed by atoms with E-state index in [0.29, 0.717) is 30.8 Å². The summed E-state index contributed by atoms with van der Waals surface area (Å²) in [6.07, 6.45) is 15.6. The summed E-state index contributed by atoms with van der Waals surface area (Å²) < 4.78 is 22.6. The van der Waals surface area contributed by atoms with Crippen molar-refractivity contribution >= 4 is 39.0 Å². The van der Waals surface area contributed by atoms with Crippen molar-refractivity contribution < 1.29 is 13.6 Å². The van der Waals surface area contributed by atoms with Crippen molar-refractivity contribution in [2.45, 2.75) is 69.7 Å². The smallest absolute Gasteiger partial charge is 0.390 e. The molecule has 1 amide bonds. The van der Waals surface area contributed by atoms with Crippen molar-refractivity contribution in [2.24, 2.45) is 12.1 Å². The predicted octanol–water partition coefficient (Wildman–Crippen LogP) is 6.91. The highest BCUT2D eigenvalue weighted by Crippen LogP contribution is 2.47. The number of H-pyrrole nitrogens is 4. The van der Waals surface area contributed by atoms with E-state index in [0.717, 1.165) is 89.5 Å². The number of para-hydroxylation sites is 2. The molecule has 3 aliphatic heterocycles. The lowest BCUT2D eigenvalue weighted by molar-refractivity contribution is -0.127. The Hall–Kier alpha value is -9.34. The summed E-state index contributed by atoms with van der Waals surface area (Å²) in [4.78, 5) is 49.1. The number of pyridine rings is 2. The average Bonchev–Trinajstić information content (AvgIpc) is 4.38. The molecule has 4 atom stereocenters. The molecule has 0 fully saturated rings. The summed E-state index contributed by atoms with van der Waals surface area (Å²) in [6.45, 7) is 11.0. The maximum atomic E-state index is 13.3. The van der Waals surface area contributed by atoms with E-state index in [2.05, 4.69) is 86.0 Å². The van der Waals surface area contributed by atoms with Crippen molar-refractivity contribution in [3.05, 3.63) is 208 Å². The van der Waals surface area contributed by atoms with Gasteiger partial charge in [0, 0.05) is 84.1 Å². The molecule has 77 heavy (non-hydrogen) atoms. The monoisotopic (exact) mass is 1030 g/mol. The molecule has 388 valence electrons. The van der Waals surface area contributed by atoms with E-state index in [4.69, 9.17) is 14.5 Å². The minimum Gasteiger partial charge on any atom is -0.390 e. The number of fused-ring (bicyclic) bond motifs is 6. The zero-order chi connectivity index (χ0) is 53.2. The molecule has 8 aromatic heterocycles. The number of carbonyl (C=O) groups is 1. The molecule has 3 aliphatic rings. The van der Waals surface area contributed by atoms with Crippen LogP contribution in [0.25, 0.3) is 38.8 Å². The van der Waals surface area contributed by atoms with Gasteiger partial charge < -0.3 is 24.7 Å². The molecule has 0 spiro atoms. The van der Waals surface area contributed by atoms with Crippen LogP contribution in [0.15, 0.2) is 149 Å². The molecule has 7 N–H and O–H groups in total. The fourth-order valence-electron chi connectivity index (χ4n) is 10.9. The van der Waals surface area contributed by atoms with Crippen molar-refractivity contribution in [2.75, 3.05) is 7.05 Å². The molecule has 11 heterocycles. The highest BCUT2D eigenvalue weighted by atomic mass is 19.1. The molecule has 13 rings (SSSR count). The normalized spacial score (nSPS) is 20.2. The van der Waals surface area contributed by atoms with Crippen LogP contribution in [0.1, 0.15) is 82.9 Å². The molecule has 0 radical (unpaired) electrons. The van der Waals surface area contributed by atoms with Gasteiger partial charge in [0.1, 0.15) is 17.2 Å². The zero-order valence-corrected chi connectivity index (χ0v) is 42.8. The largest absolute Gasteiger partial charge is 0.434 e. The molecule has 2 aromatic carbocycles. The number of nitrogens with zero attached hydrogens (tertiary/aromatic N) is 10. The fraction of sp³-hybridized carbons (Fsp3) is 0.232. The van der Waals surface area contributed by atoms with E-state index in [9.17, 15) is 14.0 Å². The van der Waals surface area contributed by atoms with Crippen molar-refractivity contribution in [3.8, 4) is 11.4 Å². The number of nitrogens with one attached hydrogen (secondary N) is 7. The van der Waals surface area contributed by atoms with Crippen molar-refractivity contribution in [1.29, 1.82) is 0 Å². The summed E-state index contributed by atoms with van der Waals surface area (Å²) >= 11 is 0. The Labute approximate surface area is 439 Å². The number of hydrogen-bond acceptors (Lipinski definition) is 13. The first kappa shape index (κ1) is 48.6. The van der Waals surface area contributed by atoms with Crippen LogP contribution >= 0.6 is 0 Å². The molecule has 0 aliphatic carbocycles. The lowest BCUT2D eigenvalue weighted by atomic mass is 9.75. The van der Waals surface area contributed by atoms with E-state index in [1.165, 1.54) is 17.3 Å². The highest BCUT2D eigenvalue weighted by Gasteiger charge is 2.52. The van der Waals surface area contributed by atoms with Crippen LogP contribution in [-0.4, -0.2) is 89.4 Å². The number of allylic oxidation sites excluding steroid dienone is 1. The van der Waals surface area contributed by atoms with E-state index in [1.54, 1.807) is 30.2 Å². The van der Waals surface area contributed by atoms with Crippen LogP contribution in [-0.2, 0) is 42.3 Å². The summed E-state index contributed by atoms with van der Waals surface area (Å²) in [5.41, 5.74) is 11.3. The summed E-state index contributed by atoms with van der Waals surface area (Å²) in [7, 11) is 3.55. The van der Waals surface area contributed by atoms with Gasteiger partial charge in [-0.05, 0) is 86.2 Å². The van der Waals surface area contributed by atoms with Crippen LogP contribution in [0.5, 0.6) is 0 Å². The number of amides is 1. The van der Waals surface area contributed by atoms with Gasteiger partial charge >= 0.3 is 5.76 Å². The second-order valence-electron chi connectivity index (χ2n) is 19.7. The number of rotatable bonds is 11. The first-order valence-corrected chi connectivity index (χ1v) is 25.2. The standard InChI is InChI=1S/C29H29FN8O.C27H25N9O2/c1-17(23-10-9-20(30)15-32-23)13-31-18(2)25-11-22-21-7-5-6-8-24(21)34-28(22)29(35-25,19-14-33-37(3)16-19)26-12-27(39)38(4)36-26;1-3-36-14-16(12-30-36)27(25-34-35-26(37)38-25)23-18(17-6-4-5-7-19(17)31-23)10-21(33-27)24-29-13-22(32-24)20-9-8-15(2)11-28-20/h5-10,13-16,25,31,34-35H,2,11-12H2,1,3-4H3;4-9,11-14,21,31,33H,3,10H2,1-2H3,(H,29,32)(H,35,37)/b17-13+;/t25-,29?;21-,27?/m11/s1. The number of hydrogen-bond donors (Lipinski definition) is 7. The highest BCUT2D eigenvalue weighted by molar-refractivity contribution is 6.12. The molecule has 2 unspecified atom stereocenters. The van der Waals surface area contributed by atoms with Gasteiger partial charge in [0.05, 0.1) is 77.5 Å². The van der Waals surface area contributed by atoms with E-state index < -0.39 is 16.8 Å². The molecule has 0 saturated heterocycles. The maximum absolute atomic E-state index is 13.3. The number of aromatic nitrogens is 12. The average molecular weight is 1030 g/mol. The number of carbonyl (C=O) groups excluding carboxylic acids is 1. The Morgan fingerprint density at radius 1 is 0.831 bits per heavy atom. The lowest BCUT2D eigenvalue weighted by Gasteiger charge is -2.42. The quantitative estimate of drug-likeness (QED) is 0.0699. The lowest BCUT2D eigenvalue weighted by Crippen LogP contribution is -2.59. The van der Waals surface area contributed by atoms with Gasteiger partial charge in [-0.15, -0.1) is 5.10 Å². The van der Waals surface area contributed by atoms with Gasteiger partial charge in [-0.3, -0.25) is 34.8 Å². The molecular weight excluding hydrogens is 978 g/mol. The van der Waals surface area contributed by atoms with Crippen LogP contribution < -0.4 is 21.7 Å². The second kappa shape index (κ2) is 19.1. The predicted molar refractivity (Wildman–Crippen MR) is 287 cm³/mol. The number of imidazole rings is 1. The molecule has 0 bridgehead atoms. The summed E-state index contributed by atoms with van der Waals surface area (Å²) in [6, 6.07) is 22.9. The first-order valence-electron chi connectivity index (χ1n) is 25.2. The van der Waals surface area contributed by atoms with E-state index in [1.807, 2.05) is 106 Å². The summed E-state index contributed by atoms with van der Waals surface area (Å²) in [5.74, 6) is -0.145.